The van der Waals surface area contributed by atoms with Crippen LogP contribution in [0, 0.1) is 0 Å². The number of carbonyl (C=O) groups excluding carboxylic acids is 2. The van der Waals surface area contributed by atoms with Gasteiger partial charge < -0.3 is 18.9 Å². The Bertz CT molecular complexity index is 1320. The number of nitrogens with one attached hydrogen (secondary N) is 1. The summed E-state index contributed by atoms with van der Waals surface area (Å²) in [5.41, 5.74) is 5.65. The van der Waals surface area contributed by atoms with Crippen molar-refractivity contribution in [2.75, 3.05) is 27.1 Å². The maximum atomic E-state index is 12.4. The molecule has 0 bridgehead atoms. The van der Waals surface area contributed by atoms with E-state index in [9.17, 15) is 9.59 Å². The molecule has 8 nitrogen and oxygen atoms in total. The van der Waals surface area contributed by atoms with Crippen LogP contribution in [0.25, 0.3) is 6.08 Å². The molecule has 1 N–H and O–H groups in total. The number of rotatable bonds is 8. The molecule has 1 unspecified atom stereocenters. The van der Waals surface area contributed by atoms with Crippen LogP contribution in [0.15, 0.2) is 23.1 Å². The van der Waals surface area contributed by atoms with Crippen LogP contribution < -0.4 is 24.3 Å². The SMILES string of the molecule is CCCCCCOc1c(OC)cc(/C=C2\SC(=O)NC2=O)c2c1CN1CCc3cc4c(cc3C1C2)OCO4. The van der Waals surface area contributed by atoms with Crippen molar-refractivity contribution in [1.82, 2.24) is 10.2 Å². The van der Waals surface area contributed by atoms with Crippen molar-refractivity contribution in [3.8, 4) is 23.0 Å². The summed E-state index contributed by atoms with van der Waals surface area (Å²) >= 11 is 0.932. The van der Waals surface area contributed by atoms with E-state index in [0.29, 0.717) is 23.8 Å². The van der Waals surface area contributed by atoms with Crippen molar-refractivity contribution in [1.29, 1.82) is 0 Å². The van der Waals surface area contributed by atoms with Crippen molar-refractivity contribution in [2.45, 2.75) is 58.0 Å². The van der Waals surface area contributed by atoms with Crippen LogP contribution in [0.2, 0.25) is 0 Å². The lowest BCUT2D eigenvalue weighted by atomic mass is 9.81. The van der Waals surface area contributed by atoms with Gasteiger partial charge in [-0.05, 0) is 77.6 Å². The van der Waals surface area contributed by atoms with Gasteiger partial charge in [0.15, 0.2) is 23.0 Å². The molecule has 2 aromatic carbocycles. The van der Waals surface area contributed by atoms with E-state index >= 15 is 0 Å². The highest BCUT2D eigenvalue weighted by Gasteiger charge is 2.37. The van der Waals surface area contributed by atoms with Gasteiger partial charge in [0.1, 0.15) is 0 Å². The molecular formula is C29H32N2O6S. The summed E-state index contributed by atoms with van der Waals surface area (Å²) in [5, 5.41) is 2.01. The van der Waals surface area contributed by atoms with Crippen LogP contribution >= 0.6 is 11.8 Å². The monoisotopic (exact) mass is 536 g/mol. The second kappa shape index (κ2) is 10.5. The fourth-order valence-electron chi connectivity index (χ4n) is 5.83. The van der Waals surface area contributed by atoms with Gasteiger partial charge in [-0.15, -0.1) is 0 Å². The zero-order valence-electron chi connectivity index (χ0n) is 21.8. The Morgan fingerprint density at radius 1 is 1.13 bits per heavy atom. The van der Waals surface area contributed by atoms with E-state index in [1.54, 1.807) is 7.11 Å². The summed E-state index contributed by atoms with van der Waals surface area (Å²) in [6.07, 6.45) is 7.99. The van der Waals surface area contributed by atoms with E-state index in [0.717, 1.165) is 77.9 Å². The first-order valence-corrected chi connectivity index (χ1v) is 14.1. The summed E-state index contributed by atoms with van der Waals surface area (Å²) in [6.45, 7) is 4.72. The highest BCUT2D eigenvalue weighted by molar-refractivity contribution is 8.18. The molecule has 0 radical (unpaired) electrons. The quantitative estimate of drug-likeness (QED) is 0.356. The number of benzene rings is 2. The van der Waals surface area contributed by atoms with E-state index in [1.165, 1.54) is 24.0 Å². The molecule has 0 saturated carbocycles. The molecule has 4 aliphatic heterocycles. The molecule has 38 heavy (non-hydrogen) atoms. The molecule has 0 aliphatic carbocycles. The minimum absolute atomic E-state index is 0.162. The zero-order valence-corrected chi connectivity index (χ0v) is 22.6. The number of ether oxygens (including phenoxy) is 4. The first-order valence-electron chi connectivity index (χ1n) is 13.3. The maximum Gasteiger partial charge on any atom is 0.290 e. The predicted octanol–water partition coefficient (Wildman–Crippen LogP) is 5.36. The smallest absolute Gasteiger partial charge is 0.290 e. The van der Waals surface area contributed by atoms with Gasteiger partial charge in [0.05, 0.1) is 18.6 Å². The highest BCUT2D eigenvalue weighted by Crippen LogP contribution is 2.48. The van der Waals surface area contributed by atoms with Gasteiger partial charge in [0.25, 0.3) is 11.1 Å². The lowest BCUT2D eigenvalue weighted by Gasteiger charge is -2.42. The summed E-state index contributed by atoms with van der Waals surface area (Å²) in [6, 6.07) is 6.36. The molecule has 0 aromatic heterocycles. The van der Waals surface area contributed by atoms with Gasteiger partial charge in [-0.3, -0.25) is 19.8 Å². The second-order valence-corrected chi connectivity index (χ2v) is 11.1. The molecule has 4 heterocycles. The standard InChI is InChI=1S/C29H32N2O6S/c1-3-4-5-6-9-35-27-21-15-31-8-7-17-10-23-24(37-16-36-23)14-20(17)22(31)13-19(21)18(11-25(27)34-2)12-26-28(32)30-29(33)38-26/h10-12,14,22H,3-9,13,15-16H2,1-2H3,(H,30,32,33)/b26-12-. The van der Waals surface area contributed by atoms with Gasteiger partial charge in [0.2, 0.25) is 6.79 Å². The summed E-state index contributed by atoms with van der Waals surface area (Å²) in [7, 11) is 1.65. The Hall–Kier alpha value is -3.17. The Labute approximate surface area is 226 Å². The van der Waals surface area contributed by atoms with Crippen LogP contribution in [-0.4, -0.2) is 43.1 Å². The molecule has 9 heteroatoms. The fraction of sp³-hybridized carbons (Fsp3) is 0.448. The number of fused-ring (bicyclic) bond motifs is 5. The van der Waals surface area contributed by atoms with E-state index in [2.05, 4.69) is 29.3 Å². The van der Waals surface area contributed by atoms with Crippen LogP contribution in [0.1, 0.15) is 66.5 Å². The van der Waals surface area contributed by atoms with Crippen molar-refractivity contribution >= 4 is 29.0 Å². The van der Waals surface area contributed by atoms with Crippen LogP contribution in [0.3, 0.4) is 0 Å². The second-order valence-electron chi connectivity index (χ2n) is 10.1. The lowest BCUT2D eigenvalue weighted by molar-refractivity contribution is -0.115. The Morgan fingerprint density at radius 3 is 2.74 bits per heavy atom. The third-order valence-corrected chi connectivity index (χ3v) is 8.56. The third-order valence-electron chi connectivity index (χ3n) is 7.75. The van der Waals surface area contributed by atoms with Crippen LogP contribution in [-0.2, 0) is 24.2 Å². The van der Waals surface area contributed by atoms with E-state index in [1.807, 2.05) is 12.1 Å². The predicted molar refractivity (Wildman–Crippen MR) is 145 cm³/mol. The number of unbranched alkanes of at least 4 members (excludes halogenated alkanes) is 3. The first-order chi connectivity index (χ1) is 18.6. The van der Waals surface area contributed by atoms with Crippen LogP contribution in [0.5, 0.6) is 23.0 Å². The number of nitrogens with zero attached hydrogens (tertiary/aromatic N) is 1. The number of imide groups is 1. The lowest BCUT2D eigenvalue weighted by Crippen LogP contribution is -2.39. The Balaban J connectivity index is 1.41. The minimum atomic E-state index is -0.364. The van der Waals surface area contributed by atoms with Gasteiger partial charge in [0, 0.05) is 24.7 Å². The van der Waals surface area contributed by atoms with E-state index < -0.39 is 0 Å². The van der Waals surface area contributed by atoms with Crippen molar-refractivity contribution in [2.24, 2.45) is 0 Å². The van der Waals surface area contributed by atoms with Gasteiger partial charge in [-0.25, -0.2) is 0 Å². The molecule has 1 saturated heterocycles. The number of thioether (sulfide) groups is 1. The van der Waals surface area contributed by atoms with Gasteiger partial charge in [-0.1, -0.05) is 26.2 Å². The zero-order chi connectivity index (χ0) is 26.2. The average Bonchev–Trinajstić information content (AvgIpc) is 3.51. The van der Waals surface area contributed by atoms with E-state index in [4.69, 9.17) is 18.9 Å². The Morgan fingerprint density at radius 2 is 1.97 bits per heavy atom. The molecule has 1 fully saturated rings. The van der Waals surface area contributed by atoms with Crippen molar-refractivity contribution in [3.63, 3.8) is 0 Å². The number of amides is 2. The molecule has 1 atom stereocenters. The molecule has 2 aromatic rings. The normalized spacial score (nSPS) is 20.7. The maximum absolute atomic E-state index is 12.4. The molecule has 0 spiro atoms. The molecule has 4 aliphatic rings. The molecule has 2 amide bonds. The third kappa shape index (κ3) is 4.62. The summed E-state index contributed by atoms with van der Waals surface area (Å²) in [5.74, 6) is 2.69. The highest BCUT2D eigenvalue weighted by atomic mass is 32.2. The fourth-order valence-corrected chi connectivity index (χ4v) is 6.51. The van der Waals surface area contributed by atoms with E-state index in [-0.39, 0.29) is 24.0 Å². The topological polar surface area (TPSA) is 86.3 Å². The average molecular weight is 537 g/mol. The van der Waals surface area contributed by atoms with Crippen molar-refractivity contribution < 1.29 is 28.5 Å². The summed E-state index contributed by atoms with van der Waals surface area (Å²) < 4.78 is 23.5. The number of hydrogen-bond donors (Lipinski definition) is 1. The largest absolute Gasteiger partial charge is 0.493 e. The number of hydrogen-bond acceptors (Lipinski definition) is 8. The number of methoxy groups -OCH3 is 1. The minimum Gasteiger partial charge on any atom is -0.493 e. The van der Waals surface area contributed by atoms with Crippen LogP contribution in [0.4, 0.5) is 4.79 Å². The van der Waals surface area contributed by atoms with Gasteiger partial charge >= 0.3 is 0 Å². The van der Waals surface area contributed by atoms with Gasteiger partial charge in [-0.2, -0.15) is 0 Å². The Kier molecular flexibility index (Phi) is 6.97. The molecule has 200 valence electrons. The first kappa shape index (κ1) is 25.1. The molecule has 6 rings (SSSR count). The van der Waals surface area contributed by atoms with Crippen molar-refractivity contribution in [3.05, 3.63) is 50.9 Å². The molecular weight excluding hydrogens is 504 g/mol. The number of carbonyl (C=O) groups is 2. The summed E-state index contributed by atoms with van der Waals surface area (Å²) in [4.78, 5) is 27.1.